The van der Waals surface area contributed by atoms with Gasteiger partial charge in [0.05, 0.1) is 19.4 Å². The van der Waals surface area contributed by atoms with Crippen molar-refractivity contribution in [2.45, 2.75) is 50.4 Å². The van der Waals surface area contributed by atoms with E-state index in [2.05, 4.69) is 35.7 Å². The van der Waals surface area contributed by atoms with Crippen LogP contribution in [-0.2, 0) is 6.61 Å². The van der Waals surface area contributed by atoms with E-state index in [0.29, 0.717) is 47.3 Å². The van der Waals surface area contributed by atoms with E-state index in [9.17, 15) is 0 Å². The lowest BCUT2D eigenvalue weighted by Gasteiger charge is -2.35. The average molecular weight is 359 g/mol. The Morgan fingerprint density at radius 2 is 2.00 bits per heavy atom. The Labute approximate surface area is 152 Å². The van der Waals surface area contributed by atoms with Gasteiger partial charge in [0.25, 0.3) is 0 Å². The molecule has 2 saturated heterocycles. The van der Waals surface area contributed by atoms with E-state index in [0.717, 1.165) is 12.8 Å². The highest BCUT2D eigenvalue weighted by atomic mass is 16.5. The summed E-state index contributed by atoms with van der Waals surface area (Å²) >= 11 is 0. The van der Waals surface area contributed by atoms with Crippen LogP contribution in [0.5, 0.6) is 5.88 Å². The summed E-state index contributed by atoms with van der Waals surface area (Å²) in [6.45, 7) is -0.0895. The van der Waals surface area contributed by atoms with Gasteiger partial charge in [0, 0.05) is 37.3 Å². The van der Waals surface area contributed by atoms with E-state index in [-0.39, 0.29) is 6.61 Å². The number of aromatic nitrogens is 4. The molecule has 2 aliphatic heterocycles. The molecule has 4 heterocycles. The molecule has 3 atom stereocenters. The fourth-order valence-corrected chi connectivity index (χ4v) is 3.88. The predicted molar refractivity (Wildman–Crippen MR) is 97.7 cm³/mol. The van der Waals surface area contributed by atoms with E-state index < -0.39 is 0 Å². The Morgan fingerprint density at radius 1 is 1.23 bits per heavy atom. The molecule has 2 unspecified atom stereocenters. The second kappa shape index (κ2) is 7.08. The van der Waals surface area contributed by atoms with Crippen LogP contribution in [-0.4, -0.2) is 57.6 Å². The predicted octanol–water partition coefficient (Wildman–Crippen LogP) is 1.16. The molecule has 4 rings (SSSR count). The van der Waals surface area contributed by atoms with Crippen molar-refractivity contribution >= 4 is 17.6 Å². The molecular formula is C17H25N7O2. The lowest BCUT2D eigenvalue weighted by Crippen LogP contribution is -2.47. The van der Waals surface area contributed by atoms with Crippen molar-refractivity contribution in [3.63, 3.8) is 0 Å². The number of hydrogen-bond acceptors (Lipinski definition) is 8. The van der Waals surface area contributed by atoms with Gasteiger partial charge in [0.2, 0.25) is 11.8 Å². The minimum absolute atomic E-state index is 0.0895. The van der Waals surface area contributed by atoms with Crippen LogP contribution in [0, 0.1) is 0 Å². The monoisotopic (exact) mass is 359 g/mol. The van der Waals surface area contributed by atoms with Gasteiger partial charge in [-0.3, -0.25) is 5.10 Å². The Balaban J connectivity index is 1.55. The first-order chi connectivity index (χ1) is 12.6. The Bertz CT molecular complexity index is 753. The second-order valence-corrected chi connectivity index (χ2v) is 7.03. The van der Waals surface area contributed by atoms with Crippen LogP contribution >= 0.6 is 0 Å². The minimum Gasteiger partial charge on any atom is -0.481 e. The molecule has 2 aromatic heterocycles. The van der Waals surface area contributed by atoms with Gasteiger partial charge >= 0.3 is 0 Å². The smallest absolute Gasteiger partial charge is 0.230 e. The number of nitrogens with one attached hydrogen (secondary N) is 3. The summed E-state index contributed by atoms with van der Waals surface area (Å²) in [7, 11) is 3.64. The largest absolute Gasteiger partial charge is 0.481 e. The van der Waals surface area contributed by atoms with Crippen molar-refractivity contribution in [2.75, 3.05) is 24.4 Å². The maximum atomic E-state index is 9.15. The van der Waals surface area contributed by atoms with Crippen LogP contribution in [0.25, 0.3) is 0 Å². The Morgan fingerprint density at radius 3 is 2.65 bits per heavy atom. The standard InChI is InChI=1S/C17H25N7O2/c1-24(13-5-10-3-4-11(6-13)18-10)17-20-14(8-16(21-17)26-2)19-15-7-12(9-25)22-23-15/h7-8,10-11,13,18,25H,3-6,9H2,1-2H3,(H2,19,20,21,22,23)/t10-,11?,13?/m0/s1. The summed E-state index contributed by atoms with van der Waals surface area (Å²) in [5.41, 5.74) is 0.635. The van der Waals surface area contributed by atoms with E-state index in [1.165, 1.54) is 12.8 Å². The first-order valence-electron chi connectivity index (χ1n) is 8.98. The topological polar surface area (TPSA) is 111 Å². The highest BCUT2D eigenvalue weighted by Crippen LogP contribution is 2.31. The number of aromatic amines is 1. The molecule has 0 radical (unpaired) electrons. The number of piperidine rings is 1. The molecule has 0 amide bonds. The molecular weight excluding hydrogens is 334 g/mol. The van der Waals surface area contributed by atoms with E-state index >= 15 is 0 Å². The van der Waals surface area contributed by atoms with Gasteiger partial charge in [-0.1, -0.05) is 0 Å². The van der Waals surface area contributed by atoms with Crippen molar-refractivity contribution in [1.29, 1.82) is 0 Å². The third-order valence-corrected chi connectivity index (χ3v) is 5.27. The maximum Gasteiger partial charge on any atom is 0.230 e. The summed E-state index contributed by atoms with van der Waals surface area (Å²) in [5, 5.41) is 22.8. The maximum absolute atomic E-state index is 9.15. The van der Waals surface area contributed by atoms with E-state index in [1.807, 2.05) is 7.05 Å². The van der Waals surface area contributed by atoms with Gasteiger partial charge in [-0.25, -0.2) is 0 Å². The minimum atomic E-state index is -0.0895. The Hall–Kier alpha value is -2.39. The van der Waals surface area contributed by atoms with E-state index in [4.69, 9.17) is 9.84 Å². The van der Waals surface area contributed by atoms with Crippen molar-refractivity contribution in [2.24, 2.45) is 0 Å². The third-order valence-electron chi connectivity index (χ3n) is 5.27. The van der Waals surface area contributed by atoms with Gasteiger partial charge in [-0.2, -0.15) is 15.1 Å². The molecule has 0 spiro atoms. The zero-order valence-corrected chi connectivity index (χ0v) is 15.1. The van der Waals surface area contributed by atoms with Crippen molar-refractivity contribution in [3.05, 3.63) is 17.8 Å². The molecule has 2 aromatic rings. The number of methoxy groups -OCH3 is 1. The van der Waals surface area contributed by atoms with Gasteiger partial charge in [-0.15, -0.1) is 0 Å². The summed E-state index contributed by atoms with van der Waals surface area (Å²) in [4.78, 5) is 11.3. The Kier molecular flexibility index (Phi) is 4.64. The quantitative estimate of drug-likeness (QED) is 0.608. The zero-order chi connectivity index (χ0) is 18.1. The van der Waals surface area contributed by atoms with Crippen molar-refractivity contribution in [1.82, 2.24) is 25.5 Å². The first-order valence-corrected chi connectivity index (χ1v) is 8.98. The molecule has 2 aliphatic rings. The molecule has 2 fully saturated rings. The van der Waals surface area contributed by atoms with Crippen molar-refractivity contribution < 1.29 is 9.84 Å². The number of aliphatic hydroxyl groups is 1. The number of anilines is 3. The molecule has 26 heavy (non-hydrogen) atoms. The van der Waals surface area contributed by atoms with Crippen LogP contribution in [0.4, 0.5) is 17.6 Å². The number of fused-ring (bicyclic) bond motifs is 2. The van der Waals surface area contributed by atoms with Gasteiger partial charge in [0.15, 0.2) is 5.82 Å². The lowest BCUT2D eigenvalue weighted by atomic mass is 9.99. The molecule has 9 nitrogen and oxygen atoms in total. The molecule has 2 bridgehead atoms. The summed E-state index contributed by atoms with van der Waals surface area (Å²) < 4.78 is 5.35. The fraction of sp³-hybridized carbons (Fsp3) is 0.588. The molecule has 0 aromatic carbocycles. The molecule has 140 valence electrons. The van der Waals surface area contributed by atoms with Crippen LogP contribution < -0.4 is 20.3 Å². The van der Waals surface area contributed by atoms with Gasteiger partial charge in [0.1, 0.15) is 5.82 Å². The summed E-state index contributed by atoms with van der Waals surface area (Å²) in [5.74, 6) is 2.32. The summed E-state index contributed by atoms with van der Waals surface area (Å²) in [6, 6.07) is 5.09. The molecule has 0 aliphatic carbocycles. The number of ether oxygens (including phenoxy) is 1. The highest BCUT2D eigenvalue weighted by molar-refractivity contribution is 5.55. The molecule has 4 N–H and O–H groups in total. The number of hydrogen-bond donors (Lipinski definition) is 4. The number of nitrogens with zero attached hydrogens (tertiary/aromatic N) is 4. The van der Waals surface area contributed by atoms with Crippen LogP contribution in [0.1, 0.15) is 31.4 Å². The number of aliphatic hydroxyl groups excluding tert-OH is 1. The van der Waals surface area contributed by atoms with Crippen LogP contribution in [0.2, 0.25) is 0 Å². The van der Waals surface area contributed by atoms with Crippen molar-refractivity contribution in [3.8, 4) is 5.88 Å². The number of H-pyrrole nitrogens is 1. The number of rotatable bonds is 6. The fourth-order valence-electron chi connectivity index (χ4n) is 3.88. The third kappa shape index (κ3) is 3.45. The van der Waals surface area contributed by atoms with Crippen LogP contribution in [0.3, 0.4) is 0 Å². The first kappa shape index (κ1) is 17.0. The zero-order valence-electron chi connectivity index (χ0n) is 15.1. The lowest BCUT2D eigenvalue weighted by molar-refractivity contribution is 0.276. The van der Waals surface area contributed by atoms with E-state index in [1.54, 1.807) is 19.2 Å². The normalized spacial score (nSPS) is 24.5. The average Bonchev–Trinajstić information content (AvgIpc) is 3.26. The van der Waals surface area contributed by atoms with Crippen LogP contribution in [0.15, 0.2) is 12.1 Å². The second-order valence-electron chi connectivity index (χ2n) is 7.03. The summed E-state index contributed by atoms with van der Waals surface area (Å²) in [6.07, 6.45) is 4.73. The SMILES string of the molecule is COc1cc(Nc2cc(CO)[nH]n2)nc(N(C)C2CC3CC[C@@H](C2)N3)n1. The molecule has 9 heteroatoms. The van der Waals surface area contributed by atoms with Gasteiger partial charge < -0.3 is 25.4 Å². The molecule has 0 saturated carbocycles. The highest BCUT2D eigenvalue weighted by Gasteiger charge is 2.35. The van der Waals surface area contributed by atoms with Gasteiger partial charge in [-0.05, 0) is 25.7 Å².